The van der Waals surface area contributed by atoms with Crippen LogP contribution in [0.4, 0.5) is 0 Å². The van der Waals surface area contributed by atoms with Crippen LogP contribution >= 0.6 is 0 Å². The smallest absolute Gasteiger partial charge is 0.236 e. The fourth-order valence-corrected chi connectivity index (χ4v) is 2.73. The van der Waals surface area contributed by atoms with Gasteiger partial charge in [0.1, 0.15) is 0 Å². The Labute approximate surface area is 114 Å². The molecule has 2 saturated heterocycles. The Kier molecular flexibility index (Phi) is 4.42. The molecule has 2 heterocycles. The normalized spacial score (nSPS) is 29.2. The van der Waals surface area contributed by atoms with Crippen molar-refractivity contribution in [3.05, 3.63) is 0 Å². The number of hydrogen-bond acceptors (Lipinski definition) is 4. The maximum Gasteiger partial charge on any atom is 0.236 e. The van der Waals surface area contributed by atoms with Crippen LogP contribution in [0.2, 0.25) is 0 Å². The Balaban J connectivity index is 1.85. The highest BCUT2D eigenvalue weighted by atomic mass is 16.2. The lowest BCUT2D eigenvalue weighted by Crippen LogP contribution is -2.43. The lowest BCUT2D eigenvalue weighted by atomic mass is 9.89. The summed E-state index contributed by atoms with van der Waals surface area (Å²) in [6.45, 7) is 7.24. The maximum atomic E-state index is 12.2. The van der Waals surface area contributed by atoms with E-state index in [1.165, 1.54) is 0 Å². The van der Waals surface area contributed by atoms with Gasteiger partial charge in [0.15, 0.2) is 0 Å². The third kappa shape index (κ3) is 3.45. The van der Waals surface area contributed by atoms with E-state index in [4.69, 9.17) is 5.73 Å². The molecule has 2 amide bonds. The monoisotopic (exact) mass is 268 g/mol. The summed E-state index contributed by atoms with van der Waals surface area (Å²) in [5.74, 6) is -0.186. The number of nitrogens with one attached hydrogen (secondary N) is 1. The fraction of sp³-hybridized carbons (Fsp3) is 0.846. The van der Waals surface area contributed by atoms with Crippen LogP contribution in [-0.2, 0) is 9.59 Å². The Morgan fingerprint density at radius 3 is 2.74 bits per heavy atom. The van der Waals surface area contributed by atoms with E-state index < -0.39 is 5.41 Å². The van der Waals surface area contributed by atoms with E-state index in [1.54, 1.807) is 4.90 Å². The van der Waals surface area contributed by atoms with Gasteiger partial charge >= 0.3 is 0 Å². The summed E-state index contributed by atoms with van der Waals surface area (Å²) in [6, 6.07) is 0. The van der Waals surface area contributed by atoms with E-state index in [2.05, 4.69) is 10.2 Å². The van der Waals surface area contributed by atoms with E-state index in [-0.39, 0.29) is 11.8 Å². The van der Waals surface area contributed by atoms with Gasteiger partial charge in [-0.3, -0.25) is 14.5 Å². The molecule has 19 heavy (non-hydrogen) atoms. The van der Waals surface area contributed by atoms with Gasteiger partial charge < -0.3 is 16.0 Å². The van der Waals surface area contributed by atoms with E-state index >= 15 is 0 Å². The van der Waals surface area contributed by atoms with Crippen molar-refractivity contribution in [2.45, 2.75) is 19.8 Å². The second-order valence-electron chi connectivity index (χ2n) is 5.87. The third-order valence-corrected chi connectivity index (χ3v) is 4.21. The first-order chi connectivity index (χ1) is 9.01. The van der Waals surface area contributed by atoms with Crippen LogP contribution in [0.3, 0.4) is 0 Å². The van der Waals surface area contributed by atoms with E-state index in [1.807, 2.05) is 6.92 Å². The van der Waals surface area contributed by atoms with Crippen LogP contribution < -0.4 is 11.1 Å². The van der Waals surface area contributed by atoms with Crippen molar-refractivity contribution >= 4 is 11.8 Å². The topological polar surface area (TPSA) is 78.7 Å². The first-order valence-corrected chi connectivity index (χ1v) is 7.02. The summed E-state index contributed by atoms with van der Waals surface area (Å²) in [5, 5.41) is 3.32. The van der Waals surface area contributed by atoms with Crippen LogP contribution in [0, 0.1) is 5.41 Å². The molecule has 0 aromatic heterocycles. The van der Waals surface area contributed by atoms with Gasteiger partial charge in [0.05, 0.1) is 12.0 Å². The second-order valence-corrected chi connectivity index (χ2v) is 5.87. The Morgan fingerprint density at radius 2 is 2.05 bits per heavy atom. The van der Waals surface area contributed by atoms with Crippen molar-refractivity contribution in [3.8, 4) is 0 Å². The van der Waals surface area contributed by atoms with Crippen molar-refractivity contribution in [2.24, 2.45) is 11.1 Å². The van der Waals surface area contributed by atoms with Crippen molar-refractivity contribution in [1.29, 1.82) is 0 Å². The molecule has 0 aromatic rings. The number of amides is 2. The molecule has 108 valence electrons. The van der Waals surface area contributed by atoms with Crippen molar-refractivity contribution in [2.75, 3.05) is 45.8 Å². The molecule has 1 unspecified atom stereocenters. The van der Waals surface area contributed by atoms with Crippen molar-refractivity contribution < 1.29 is 9.59 Å². The van der Waals surface area contributed by atoms with Crippen LogP contribution in [0.25, 0.3) is 0 Å². The van der Waals surface area contributed by atoms with E-state index in [0.717, 1.165) is 32.6 Å². The molecule has 2 aliphatic heterocycles. The zero-order valence-corrected chi connectivity index (χ0v) is 11.7. The average molecular weight is 268 g/mol. The van der Waals surface area contributed by atoms with E-state index in [9.17, 15) is 9.59 Å². The van der Waals surface area contributed by atoms with Crippen molar-refractivity contribution in [3.63, 3.8) is 0 Å². The quantitative estimate of drug-likeness (QED) is 0.688. The van der Waals surface area contributed by atoms with Gasteiger partial charge in [-0.05, 0) is 32.9 Å². The molecule has 0 bridgehead atoms. The number of primary amides is 1. The Hall–Kier alpha value is -1.14. The SMILES string of the molecule is CC1(C(N)=O)CCN(C(=O)CN2CCCNCC2)C1. The Morgan fingerprint density at radius 1 is 1.26 bits per heavy atom. The van der Waals surface area contributed by atoms with Crippen LogP contribution in [0.5, 0.6) is 0 Å². The molecule has 1 atom stereocenters. The van der Waals surface area contributed by atoms with Gasteiger partial charge in [0.2, 0.25) is 11.8 Å². The minimum absolute atomic E-state index is 0.117. The van der Waals surface area contributed by atoms with E-state index in [0.29, 0.717) is 26.1 Å². The molecule has 0 aliphatic carbocycles. The zero-order valence-electron chi connectivity index (χ0n) is 11.7. The third-order valence-electron chi connectivity index (χ3n) is 4.21. The van der Waals surface area contributed by atoms with Gasteiger partial charge in [-0.15, -0.1) is 0 Å². The lowest BCUT2D eigenvalue weighted by Gasteiger charge is -2.24. The molecule has 2 fully saturated rings. The van der Waals surface area contributed by atoms with Crippen molar-refractivity contribution in [1.82, 2.24) is 15.1 Å². The number of carbonyl (C=O) groups excluding carboxylic acids is 2. The highest BCUT2D eigenvalue weighted by Crippen LogP contribution is 2.29. The number of nitrogens with zero attached hydrogens (tertiary/aromatic N) is 2. The number of rotatable bonds is 3. The first-order valence-electron chi connectivity index (χ1n) is 7.02. The summed E-state index contributed by atoms with van der Waals surface area (Å²) < 4.78 is 0. The molecule has 6 nitrogen and oxygen atoms in total. The van der Waals surface area contributed by atoms with Gasteiger partial charge in [0.25, 0.3) is 0 Å². The average Bonchev–Trinajstić information content (AvgIpc) is 2.60. The Bertz CT molecular complexity index is 353. The number of nitrogens with two attached hydrogens (primary N) is 1. The predicted molar refractivity (Wildman–Crippen MR) is 72.4 cm³/mol. The van der Waals surface area contributed by atoms with Crippen LogP contribution in [0.15, 0.2) is 0 Å². The molecule has 0 aromatic carbocycles. The fourth-order valence-electron chi connectivity index (χ4n) is 2.73. The molecule has 2 rings (SSSR count). The summed E-state index contributed by atoms with van der Waals surface area (Å²) in [7, 11) is 0. The standard InChI is InChI=1S/C13H24N4O2/c1-13(12(14)19)3-7-17(10-13)11(18)9-16-6-2-4-15-5-8-16/h15H,2-10H2,1H3,(H2,14,19). The highest BCUT2D eigenvalue weighted by molar-refractivity contribution is 5.84. The predicted octanol–water partition coefficient (Wildman–Crippen LogP) is -0.994. The second kappa shape index (κ2) is 5.88. The summed E-state index contributed by atoms with van der Waals surface area (Å²) in [5.41, 5.74) is 4.86. The van der Waals surface area contributed by atoms with Crippen LogP contribution in [0.1, 0.15) is 19.8 Å². The minimum atomic E-state index is -0.546. The molecule has 0 radical (unpaired) electrons. The lowest BCUT2D eigenvalue weighted by molar-refractivity contribution is -0.132. The minimum Gasteiger partial charge on any atom is -0.369 e. The summed E-state index contributed by atoms with van der Waals surface area (Å²) in [6.07, 6.45) is 1.75. The number of carbonyl (C=O) groups is 2. The summed E-state index contributed by atoms with van der Waals surface area (Å²) in [4.78, 5) is 27.6. The molecule has 3 N–H and O–H groups in total. The van der Waals surface area contributed by atoms with Crippen LogP contribution in [-0.4, -0.2) is 67.4 Å². The molecule has 6 heteroatoms. The number of hydrogen-bond donors (Lipinski definition) is 2. The molecular formula is C13H24N4O2. The molecule has 2 aliphatic rings. The van der Waals surface area contributed by atoms with Gasteiger partial charge in [-0.2, -0.15) is 0 Å². The zero-order chi connectivity index (χ0) is 13.9. The van der Waals surface area contributed by atoms with Gasteiger partial charge in [0, 0.05) is 26.2 Å². The first kappa shape index (κ1) is 14.3. The molecule has 0 spiro atoms. The summed E-state index contributed by atoms with van der Waals surface area (Å²) >= 11 is 0. The molecule has 0 saturated carbocycles. The van der Waals surface area contributed by atoms with Gasteiger partial charge in [-0.1, -0.05) is 0 Å². The maximum absolute atomic E-state index is 12.2. The number of likely N-dealkylation sites (tertiary alicyclic amines) is 1. The highest BCUT2D eigenvalue weighted by Gasteiger charge is 2.40. The largest absolute Gasteiger partial charge is 0.369 e. The van der Waals surface area contributed by atoms with Gasteiger partial charge in [-0.25, -0.2) is 0 Å². The molecular weight excluding hydrogens is 244 g/mol.